The highest BCUT2D eigenvalue weighted by Gasteiger charge is 2.17. The number of pyridine rings is 2. The summed E-state index contributed by atoms with van der Waals surface area (Å²) in [6.45, 7) is 2.05. The second kappa shape index (κ2) is 7.23. The first-order valence-corrected chi connectivity index (χ1v) is 10.3. The molecule has 0 amide bonds. The van der Waals surface area contributed by atoms with Crippen LogP contribution < -0.4 is 0 Å². The molecule has 0 aliphatic carbocycles. The summed E-state index contributed by atoms with van der Waals surface area (Å²) >= 11 is 0. The van der Waals surface area contributed by atoms with Crippen molar-refractivity contribution in [1.82, 2.24) is 30.1 Å². The third-order valence-corrected chi connectivity index (χ3v) is 5.69. The van der Waals surface area contributed by atoms with Crippen molar-refractivity contribution in [1.29, 1.82) is 0 Å². The fourth-order valence-corrected chi connectivity index (χ4v) is 4.10. The van der Waals surface area contributed by atoms with Gasteiger partial charge in [-0.15, -0.1) is 0 Å². The van der Waals surface area contributed by atoms with Gasteiger partial charge in [0.1, 0.15) is 22.8 Å². The van der Waals surface area contributed by atoms with E-state index in [0.717, 1.165) is 39.2 Å². The number of hydrogen-bond acceptors (Lipinski definition) is 5. The van der Waals surface area contributed by atoms with Crippen molar-refractivity contribution in [2.24, 2.45) is 0 Å². The zero-order chi connectivity index (χ0) is 22.5. The van der Waals surface area contributed by atoms with Crippen LogP contribution in [0.2, 0.25) is 0 Å². The van der Waals surface area contributed by atoms with Crippen molar-refractivity contribution in [3.63, 3.8) is 0 Å². The van der Waals surface area contributed by atoms with E-state index < -0.39 is 5.82 Å². The lowest BCUT2D eigenvalue weighted by Gasteiger charge is -2.05. The van der Waals surface area contributed by atoms with Gasteiger partial charge in [-0.05, 0) is 54.4 Å². The number of fused-ring (bicyclic) bond motifs is 2. The fraction of sp³-hybridized carbons (Fsp3) is 0.0400. The van der Waals surface area contributed by atoms with Crippen LogP contribution in [0.4, 0.5) is 4.39 Å². The maximum absolute atomic E-state index is 13.9. The molecule has 8 heteroatoms. The minimum absolute atomic E-state index is 0.170. The quantitative estimate of drug-likeness (QED) is 0.345. The predicted molar refractivity (Wildman–Crippen MR) is 124 cm³/mol. The van der Waals surface area contributed by atoms with Gasteiger partial charge in [0.05, 0.1) is 16.7 Å². The van der Waals surface area contributed by atoms with Gasteiger partial charge in [-0.3, -0.25) is 15.1 Å². The van der Waals surface area contributed by atoms with Crippen molar-refractivity contribution >= 4 is 21.9 Å². The van der Waals surface area contributed by atoms with Crippen LogP contribution in [0.15, 0.2) is 67.1 Å². The number of aryl methyl sites for hydroxylation is 1. The first-order chi connectivity index (χ1) is 16.1. The Labute approximate surface area is 187 Å². The van der Waals surface area contributed by atoms with Crippen molar-refractivity contribution in [3.05, 3.63) is 78.5 Å². The second-order valence-corrected chi connectivity index (χ2v) is 7.86. The molecule has 0 aliphatic rings. The van der Waals surface area contributed by atoms with Gasteiger partial charge in [0, 0.05) is 41.2 Å². The number of nitrogens with one attached hydrogen (secondary N) is 2. The van der Waals surface area contributed by atoms with Crippen molar-refractivity contribution < 1.29 is 9.50 Å². The molecular formula is C25H17FN6O. The Morgan fingerprint density at radius 2 is 1.82 bits per heavy atom. The molecule has 0 bridgehead atoms. The molecule has 0 radical (unpaired) electrons. The van der Waals surface area contributed by atoms with Crippen molar-refractivity contribution in [3.8, 4) is 39.7 Å². The number of aromatic nitrogens is 6. The van der Waals surface area contributed by atoms with Crippen LogP contribution in [0.25, 0.3) is 55.8 Å². The van der Waals surface area contributed by atoms with Crippen molar-refractivity contribution in [2.45, 2.75) is 6.92 Å². The van der Waals surface area contributed by atoms with Crippen molar-refractivity contribution in [2.75, 3.05) is 0 Å². The lowest BCUT2D eigenvalue weighted by Crippen LogP contribution is -1.87. The summed E-state index contributed by atoms with van der Waals surface area (Å²) in [4.78, 5) is 16.7. The Morgan fingerprint density at radius 3 is 2.67 bits per heavy atom. The first kappa shape index (κ1) is 19.1. The molecule has 0 atom stereocenters. The van der Waals surface area contributed by atoms with E-state index in [9.17, 15) is 9.50 Å². The molecule has 2 aromatic carbocycles. The minimum atomic E-state index is -0.545. The number of benzene rings is 2. The molecular weight excluding hydrogens is 419 g/mol. The van der Waals surface area contributed by atoms with E-state index in [0.29, 0.717) is 28.3 Å². The molecule has 0 fully saturated rings. The van der Waals surface area contributed by atoms with Gasteiger partial charge in [0.15, 0.2) is 5.82 Å². The van der Waals surface area contributed by atoms with Gasteiger partial charge in [-0.1, -0.05) is 6.07 Å². The lowest BCUT2D eigenvalue weighted by atomic mass is 10.0. The summed E-state index contributed by atoms with van der Waals surface area (Å²) in [6, 6.07) is 13.7. The number of hydrogen-bond donors (Lipinski definition) is 3. The van der Waals surface area contributed by atoms with E-state index in [-0.39, 0.29) is 5.75 Å². The Morgan fingerprint density at radius 1 is 0.909 bits per heavy atom. The maximum Gasteiger partial charge on any atom is 0.159 e. The van der Waals surface area contributed by atoms with Gasteiger partial charge >= 0.3 is 0 Å². The molecule has 0 spiro atoms. The summed E-state index contributed by atoms with van der Waals surface area (Å²) < 4.78 is 13.9. The topological polar surface area (TPSA) is 103 Å². The lowest BCUT2D eigenvalue weighted by molar-refractivity contribution is 0.469. The molecule has 6 aromatic rings. The molecule has 160 valence electrons. The summed E-state index contributed by atoms with van der Waals surface area (Å²) in [6.07, 6.45) is 5.25. The number of H-pyrrole nitrogens is 2. The molecule has 33 heavy (non-hydrogen) atoms. The Kier molecular flexibility index (Phi) is 4.19. The smallest absolute Gasteiger partial charge is 0.159 e. The molecule has 6 rings (SSSR count). The highest BCUT2D eigenvalue weighted by Crippen LogP contribution is 2.33. The Balaban J connectivity index is 1.52. The maximum atomic E-state index is 13.9. The minimum Gasteiger partial charge on any atom is -0.508 e. The number of rotatable bonds is 3. The van der Waals surface area contributed by atoms with E-state index in [1.165, 1.54) is 12.1 Å². The monoisotopic (exact) mass is 436 g/mol. The molecule has 0 aliphatic heterocycles. The van der Waals surface area contributed by atoms with E-state index in [2.05, 4.69) is 38.1 Å². The number of aromatic amines is 2. The van der Waals surface area contributed by atoms with Crippen LogP contribution in [-0.4, -0.2) is 35.2 Å². The van der Waals surface area contributed by atoms with Crippen LogP contribution in [0.5, 0.6) is 5.75 Å². The highest BCUT2D eigenvalue weighted by molar-refractivity contribution is 5.97. The molecule has 4 heterocycles. The van der Waals surface area contributed by atoms with Gasteiger partial charge in [0.25, 0.3) is 0 Å². The SMILES string of the molecule is Cc1ccncc1-c1ccc2[nH]nc(-c3nc4c(-c5cc(O)cc(F)c5)nccc4[nH]3)c2c1. The highest BCUT2D eigenvalue weighted by atomic mass is 19.1. The number of halogens is 1. The van der Waals surface area contributed by atoms with Gasteiger partial charge < -0.3 is 10.1 Å². The van der Waals surface area contributed by atoms with Crippen LogP contribution in [0.1, 0.15) is 5.56 Å². The zero-order valence-corrected chi connectivity index (χ0v) is 17.5. The first-order valence-electron chi connectivity index (χ1n) is 10.3. The molecule has 0 saturated heterocycles. The van der Waals surface area contributed by atoms with Crippen LogP contribution in [0, 0.1) is 12.7 Å². The summed E-state index contributed by atoms with van der Waals surface area (Å²) in [5.74, 6) is -0.154. The molecule has 3 N–H and O–H groups in total. The summed E-state index contributed by atoms with van der Waals surface area (Å²) in [5.41, 5.74) is 6.96. The Bertz CT molecular complexity index is 1650. The number of aromatic hydroxyl groups is 1. The van der Waals surface area contributed by atoms with Gasteiger partial charge in [-0.25, -0.2) is 9.37 Å². The predicted octanol–water partition coefficient (Wildman–Crippen LogP) is 5.38. The number of imidazole rings is 1. The fourth-order valence-electron chi connectivity index (χ4n) is 4.10. The van der Waals surface area contributed by atoms with Crippen LogP contribution >= 0.6 is 0 Å². The average molecular weight is 436 g/mol. The van der Waals surface area contributed by atoms with E-state index in [1.807, 2.05) is 24.4 Å². The molecule has 0 unspecified atom stereocenters. The largest absolute Gasteiger partial charge is 0.508 e. The third-order valence-electron chi connectivity index (χ3n) is 5.69. The van der Waals surface area contributed by atoms with Crippen LogP contribution in [-0.2, 0) is 0 Å². The standard InChI is InChI=1S/C25H17FN6O/c1-13-4-6-27-12-19(13)14-2-3-20-18(10-14)23(32-31-20)25-29-21-5-7-28-22(24(21)30-25)15-8-16(26)11-17(33)9-15/h2-12,33H,1H3,(H,29,30)(H,31,32). The van der Waals surface area contributed by atoms with Gasteiger partial charge in [-0.2, -0.15) is 5.10 Å². The number of phenolic OH excluding ortho intramolecular Hbond substituents is 1. The average Bonchev–Trinajstić information content (AvgIpc) is 3.42. The third kappa shape index (κ3) is 3.20. The second-order valence-electron chi connectivity index (χ2n) is 7.86. The van der Waals surface area contributed by atoms with Crippen LogP contribution in [0.3, 0.4) is 0 Å². The summed E-state index contributed by atoms with van der Waals surface area (Å²) in [5, 5.41) is 18.3. The van der Waals surface area contributed by atoms with E-state index in [4.69, 9.17) is 4.98 Å². The number of phenols is 1. The zero-order valence-electron chi connectivity index (χ0n) is 17.5. The summed E-state index contributed by atoms with van der Waals surface area (Å²) in [7, 11) is 0. The normalized spacial score (nSPS) is 11.5. The molecule has 0 saturated carbocycles. The van der Waals surface area contributed by atoms with E-state index in [1.54, 1.807) is 18.5 Å². The molecule has 7 nitrogen and oxygen atoms in total. The number of nitrogens with zero attached hydrogens (tertiary/aromatic N) is 4. The molecule has 4 aromatic heterocycles. The van der Waals surface area contributed by atoms with Gasteiger partial charge in [0.2, 0.25) is 0 Å². The van der Waals surface area contributed by atoms with E-state index >= 15 is 0 Å². The Hall–Kier alpha value is -4.59.